The Labute approximate surface area is 204 Å². The van der Waals surface area contributed by atoms with Gasteiger partial charge >= 0.3 is 0 Å². The zero-order valence-electron chi connectivity index (χ0n) is 20.7. The summed E-state index contributed by atoms with van der Waals surface area (Å²) < 4.78 is 8.28. The Kier molecular flexibility index (Phi) is 7.23. The normalized spacial score (nSPS) is 24.6. The molecule has 2 aliphatic heterocycles. The molecule has 3 heterocycles. The highest BCUT2D eigenvalue weighted by molar-refractivity contribution is 5.83. The van der Waals surface area contributed by atoms with Crippen LogP contribution >= 0.6 is 0 Å². The Morgan fingerprint density at radius 2 is 1.88 bits per heavy atom. The van der Waals surface area contributed by atoms with Crippen molar-refractivity contribution in [2.75, 3.05) is 19.7 Å². The van der Waals surface area contributed by atoms with Crippen molar-refractivity contribution in [2.45, 2.75) is 89.8 Å². The van der Waals surface area contributed by atoms with E-state index >= 15 is 0 Å². The lowest BCUT2D eigenvalue weighted by molar-refractivity contribution is -0.135. The van der Waals surface area contributed by atoms with Crippen LogP contribution in [0.3, 0.4) is 0 Å². The first-order chi connectivity index (χ1) is 16.6. The number of hydrogen-bond acceptors (Lipinski definition) is 4. The summed E-state index contributed by atoms with van der Waals surface area (Å²) in [5.41, 5.74) is 2.33. The topological polar surface area (TPSA) is 59.4 Å². The molecule has 1 atom stereocenters. The number of benzene rings is 1. The molecule has 0 radical (unpaired) electrons. The predicted octanol–water partition coefficient (Wildman–Crippen LogP) is 4.89. The smallest absolute Gasteiger partial charge is 0.226 e. The molecule has 5 rings (SSSR count). The number of nitrogens with zero attached hydrogens (tertiary/aromatic N) is 3. The maximum Gasteiger partial charge on any atom is 0.226 e. The molecule has 1 aromatic heterocycles. The number of hydrogen-bond donors (Lipinski definition) is 1. The van der Waals surface area contributed by atoms with Gasteiger partial charge in [0.1, 0.15) is 12.4 Å². The second-order valence-corrected chi connectivity index (χ2v) is 10.8. The molecule has 1 amide bonds. The predicted molar refractivity (Wildman–Crippen MR) is 134 cm³/mol. The minimum atomic E-state index is -0.252. The Morgan fingerprint density at radius 3 is 2.71 bits per heavy atom. The van der Waals surface area contributed by atoms with Gasteiger partial charge in [0.05, 0.1) is 23.7 Å². The SMILES string of the molecule is C[C@@H]1COc2ccccc2CCCCC2(CCN(Cc3cnn(C4CCCC4)c3)CC2)C(=O)N1. The lowest BCUT2D eigenvalue weighted by atomic mass is 9.73. The molecule has 6 heteroatoms. The van der Waals surface area contributed by atoms with Gasteiger partial charge in [0.2, 0.25) is 5.91 Å². The Bertz CT molecular complexity index is 957. The lowest BCUT2D eigenvalue weighted by Crippen LogP contribution is -2.51. The molecule has 2 aromatic rings. The average molecular weight is 465 g/mol. The monoisotopic (exact) mass is 464 g/mol. The number of amides is 1. The van der Waals surface area contributed by atoms with Crippen molar-refractivity contribution in [1.82, 2.24) is 20.0 Å². The molecule has 184 valence electrons. The third-order valence-corrected chi connectivity index (χ3v) is 8.25. The van der Waals surface area contributed by atoms with E-state index in [9.17, 15) is 4.79 Å². The van der Waals surface area contributed by atoms with E-state index in [1.807, 2.05) is 18.3 Å². The van der Waals surface area contributed by atoms with Crippen molar-refractivity contribution in [3.8, 4) is 5.75 Å². The number of carbonyl (C=O) groups excluding carboxylic acids is 1. The number of carbonyl (C=O) groups is 1. The van der Waals surface area contributed by atoms with Crippen LogP contribution in [0.1, 0.15) is 81.9 Å². The summed E-state index contributed by atoms with van der Waals surface area (Å²) in [4.78, 5) is 16.0. The lowest BCUT2D eigenvalue weighted by Gasteiger charge is -2.41. The first-order valence-electron chi connectivity index (χ1n) is 13.4. The van der Waals surface area contributed by atoms with Gasteiger partial charge in [-0.05, 0) is 76.6 Å². The van der Waals surface area contributed by atoms with E-state index in [4.69, 9.17) is 4.74 Å². The number of ether oxygens (including phenoxy) is 1. The van der Waals surface area contributed by atoms with Crippen molar-refractivity contribution < 1.29 is 9.53 Å². The number of para-hydroxylation sites is 1. The van der Waals surface area contributed by atoms with E-state index in [0.29, 0.717) is 12.6 Å². The van der Waals surface area contributed by atoms with Crippen LogP contribution in [0.15, 0.2) is 36.7 Å². The summed E-state index contributed by atoms with van der Waals surface area (Å²) in [5.74, 6) is 1.19. The zero-order valence-corrected chi connectivity index (χ0v) is 20.7. The molecular formula is C28H40N4O2. The van der Waals surface area contributed by atoms with Crippen LogP contribution < -0.4 is 10.1 Å². The van der Waals surface area contributed by atoms with Gasteiger partial charge in [-0.2, -0.15) is 5.10 Å². The summed E-state index contributed by atoms with van der Waals surface area (Å²) >= 11 is 0. The number of fused-ring (bicyclic) bond motifs is 1. The number of aryl methyl sites for hydroxylation is 1. The number of nitrogens with one attached hydrogen (secondary N) is 1. The van der Waals surface area contributed by atoms with Gasteiger partial charge in [-0.25, -0.2) is 0 Å². The quantitative estimate of drug-likeness (QED) is 0.703. The molecule has 2 fully saturated rings. The van der Waals surface area contributed by atoms with E-state index < -0.39 is 0 Å². The molecule has 1 spiro atoms. The van der Waals surface area contributed by atoms with Crippen LogP contribution in [0.2, 0.25) is 0 Å². The maximum atomic E-state index is 13.5. The molecule has 1 aliphatic carbocycles. The van der Waals surface area contributed by atoms with Crippen LogP contribution in [-0.4, -0.2) is 46.3 Å². The molecule has 1 N–H and O–H groups in total. The standard InChI is InChI=1S/C28H40N4O2/c1-22-21-34-26-12-5-2-8-24(26)9-6-7-13-28(27(33)30-22)14-16-31(17-15-28)19-23-18-29-32(20-23)25-10-3-4-11-25/h2,5,8,12,18,20,22,25H,3-4,6-7,9-11,13-17,19,21H2,1H3,(H,30,33)/t22-/m1/s1. The third kappa shape index (κ3) is 5.32. The highest BCUT2D eigenvalue weighted by Crippen LogP contribution is 2.38. The van der Waals surface area contributed by atoms with Crippen LogP contribution in [0.5, 0.6) is 5.75 Å². The van der Waals surface area contributed by atoms with E-state index in [1.165, 1.54) is 36.8 Å². The summed E-state index contributed by atoms with van der Waals surface area (Å²) in [6, 6.07) is 8.93. The van der Waals surface area contributed by atoms with E-state index in [0.717, 1.165) is 63.9 Å². The fraction of sp³-hybridized carbons (Fsp3) is 0.643. The molecule has 0 unspecified atom stereocenters. The summed E-state index contributed by atoms with van der Waals surface area (Å²) in [7, 11) is 0. The Morgan fingerprint density at radius 1 is 1.09 bits per heavy atom. The fourth-order valence-electron chi connectivity index (χ4n) is 6.08. The molecule has 1 saturated carbocycles. The van der Waals surface area contributed by atoms with Crippen molar-refractivity contribution in [2.24, 2.45) is 5.41 Å². The van der Waals surface area contributed by atoms with E-state index in [-0.39, 0.29) is 17.4 Å². The van der Waals surface area contributed by atoms with Gasteiger partial charge in [0, 0.05) is 18.3 Å². The Balaban J connectivity index is 1.20. The second-order valence-electron chi connectivity index (χ2n) is 10.8. The van der Waals surface area contributed by atoms with E-state index in [2.05, 4.69) is 45.3 Å². The highest BCUT2D eigenvalue weighted by atomic mass is 16.5. The first kappa shape index (κ1) is 23.4. The molecule has 0 bridgehead atoms. The van der Waals surface area contributed by atoms with Gasteiger partial charge < -0.3 is 10.1 Å². The van der Waals surface area contributed by atoms with Crippen molar-refractivity contribution >= 4 is 5.91 Å². The third-order valence-electron chi connectivity index (χ3n) is 8.25. The zero-order chi connectivity index (χ0) is 23.4. The maximum absolute atomic E-state index is 13.5. The second kappa shape index (κ2) is 10.5. The highest BCUT2D eigenvalue weighted by Gasteiger charge is 2.41. The van der Waals surface area contributed by atoms with Crippen molar-refractivity contribution in [3.63, 3.8) is 0 Å². The van der Waals surface area contributed by atoms with Gasteiger partial charge in [-0.1, -0.05) is 37.5 Å². The molecule has 1 aromatic carbocycles. The minimum absolute atomic E-state index is 0.00341. The fourth-order valence-corrected chi connectivity index (χ4v) is 6.08. The summed E-state index contributed by atoms with van der Waals surface area (Å²) in [5, 5.41) is 7.95. The molecular weight excluding hydrogens is 424 g/mol. The van der Waals surface area contributed by atoms with Crippen molar-refractivity contribution in [1.29, 1.82) is 0 Å². The summed E-state index contributed by atoms with van der Waals surface area (Å²) in [6.45, 7) is 5.43. The number of rotatable bonds is 3. The van der Waals surface area contributed by atoms with Crippen LogP contribution in [-0.2, 0) is 17.8 Å². The molecule has 1 saturated heterocycles. The van der Waals surface area contributed by atoms with Crippen LogP contribution in [0.4, 0.5) is 0 Å². The van der Waals surface area contributed by atoms with Gasteiger partial charge in [0.25, 0.3) is 0 Å². The van der Waals surface area contributed by atoms with Gasteiger partial charge in [0.15, 0.2) is 0 Å². The number of likely N-dealkylation sites (tertiary alicyclic amines) is 1. The average Bonchev–Trinajstić information content (AvgIpc) is 3.54. The molecule has 3 aliphatic rings. The first-order valence-corrected chi connectivity index (χ1v) is 13.4. The van der Waals surface area contributed by atoms with Crippen LogP contribution in [0, 0.1) is 5.41 Å². The number of aromatic nitrogens is 2. The van der Waals surface area contributed by atoms with Gasteiger partial charge in [-0.3, -0.25) is 14.4 Å². The van der Waals surface area contributed by atoms with E-state index in [1.54, 1.807) is 0 Å². The Hall–Kier alpha value is -2.34. The molecule has 34 heavy (non-hydrogen) atoms. The minimum Gasteiger partial charge on any atom is -0.491 e. The van der Waals surface area contributed by atoms with Gasteiger partial charge in [-0.15, -0.1) is 0 Å². The number of piperidine rings is 1. The summed E-state index contributed by atoms with van der Waals surface area (Å²) in [6.07, 6.45) is 15.5. The van der Waals surface area contributed by atoms with Crippen LogP contribution in [0.25, 0.3) is 0 Å². The largest absolute Gasteiger partial charge is 0.491 e. The van der Waals surface area contributed by atoms with Crippen molar-refractivity contribution in [3.05, 3.63) is 47.8 Å². The molecule has 6 nitrogen and oxygen atoms in total.